The zero-order valence-corrected chi connectivity index (χ0v) is 13.1. The van der Waals surface area contributed by atoms with E-state index in [4.69, 9.17) is 0 Å². The Morgan fingerprint density at radius 1 is 1.00 bits per heavy atom. The first kappa shape index (κ1) is 15.8. The van der Waals surface area contributed by atoms with Gasteiger partial charge in [-0.25, -0.2) is 9.18 Å². The molecule has 2 aromatic carbocycles. The SMILES string of the molecule is O=C(NCc1cccn1Cc1cccc(F)c1)Nc1ccccc1. The van der Waals surface area contributed by atoms with Crippen molar-refractivity contribution in [2.45, 2.75) is 13.1 Å². The molecule has 2 N–H and O–H groups in total. The molecular weight excluding hydrogens is 305 g/mol. The molecule has 0 saturated carbocycles. The summed E-state index contributed by atoms with van der Waals surface area (Å²) >= 11 is 0. The number of anilines is 1. The highest BCUT2D eigenvalue weighted by molar-refractivity contribution is 5.89. The second-order valence-electron chi connectivity index (χ2n) is 5.43. The Hall–Kier alpha value is -3.08. The van der Waals surface area contributed by atoms with Crippen LogP contribution in [0.5, 0.6) is 0 Å². The molecule has 24 heavy (non-hydrogen) atoms. The van der Waals surface area contributed by atoms with Gasteiger partial charge in [0.1, 0.15) is 5.82 Å². The van der Waals surface area contributed by atoms with Crippen LogP contribution in [0.4, 0.5) is 14.9 Å². The van der Waals surface area contributed by atoms with E-state index in [-0.39, 0.29) is 11.8 Å². The fourth-order valence-electron chi connectivity index (χ4n) is 2.46. The van der Waals surface area contributed by atoms with Crippen molar-refractivity contribution in [3.05, 3.63) is 90.0 Å². The molecule has 0 radical (unpaired) electrons. The minimum atomic E-state index is -0.264. The quantitative estimate of drug-likeness (QED) is 0.732. The highest BCUT2D eigenvalue weighted by Crippen LogP contribution is 2.10. The van der Waals surface area contributed by atoms with E-state index in [9.17, 15) is 9.18 Å². The van der Waals surface area contributed by atoms with Crippen LogP contribution in [0.25, 0.3) is 0 Å². The molecule has 0 aliphatic rings. The molecule has 1 heterocycles. The van der Waals surface area contributed by atoms with Crippen LogP contribution in [0, 0.1) is 5.82 Å². The lowest BCUT2D eigenvalue weighted by molar-refractivity contribution is 0.251. The van der Waals surface area contributed by atoms with Crippen LogP contribution in [0.2, 0.25) is 0 Å². The predicted octanol–water partition coefficient (Wildman–Crippen LogP) is 4.00. The molecule has 3 aromatic rings. The molecule has 4 nitrogen and oxygen atoms in total. The fraction of sp³-hybridized carbons (Fsp3) is 0.105. The van der Waals surface area contributed by atoms with E-state index < -0.39 is 0 Å². The number of hydrogen-bond acceptors (Lipinski definition) is 1. The van der Waals surface area contributed by atoms with Gasteiger partial charge in [0.15, 0.2) is 0 Å². The molecular formula is C19H18FN3O. The van der Waals surface area contributed by atoms with E-state index in [1.807, 2.05) is 59.3 Å². The third kappa shape index (κ3) is 4.23. The number of carbonyl (C=O) groups is 1. The van der Waals surface area contributed by atoms with Gasteiger partial charge in [-0.1, -0.05) is 30.3 Å². The zero-order chi connectivity index (χ0) is 16.8. The Bertz CT molecular complexity index is 814. The van der Waals surface area contributed by atoms with Gasteiger partial charge in [0.05, 0.1) is 6.54 Å². The van der Waals surface area contributed by atoms with Crippen molar-refractivity contribution >= 4 is 11.7 Å². The standard InChI is InChI=1S/C19H18FN3O/c20-16-7-4-6-15(12-16)14-23-11-5-10-18(23)13-21-19(24)22-17-8-2-1-3-9-17/h1-12H,13-14H2,(H2,21,22,24). The van der Waals surface area contributed by atoms with Gasteiger partial charge in [-0.05, 0) is 42.0 Å². The van der Waals surface area contributed by atoms with Crippen LogP contribution in [0.15, 0.2) is 72.9 Å². The molecule has 0 spiro atoms. The van der Waals surface area contributed by atoms with Crippen LogP contribution in [-0.4, -0.2) is 10.6 Å². The van der Waals surface area contributed by atoms with E-state index in [0.29, 0.717) is 13.1 Å². The molecule has 5 heteroatoms. The lowest BCUT2D eigenvalue weighted by Crippen LogP contribution is -2.29. The van der Waals surface area contributed by atoms with Gasteiger partial charge >= 0.3 is 6.03 Å². The summed E-state index contributed by atoms with van der Waals surface area (Å²) in [5.41, 5.74) is 2.56. The topological polar surface area (TPSA) is 46.1 Å². The Kier molecular flexibility index (Phi) is 4.91. The number of rotatable bonds is 5. The summed E-state index contributed by atoms with van der Waals surface area (Å²) in [6, 6.07) is 19.4. The first-order chi connectivity index (χ1) is 11.7. The maximum Gasteiger partial charge on any atom is 0.319 e. The lowest BCUT2D eigenvalue weighted by atomic mass is 10.2. The number of benzene rings is 2. The van der Waals surface area contributed by atoms with Gasteiger partial charge in [-0.3, -0.25) is 0 Å². The summed E-state index contributed by atoms with van der Waals surface area (Å²) in [5.74, 6) is -0.249. The van der Waals surface area contributed by atoms with E-state index in [1.54, 1.807) is 6.07 Å². The van der Waals surface area contributed by atoms with Crippen LogP contribution in [-0.2, 0) is 13.1 Å². The van der Waals surface area contributed by atoms with E-state index in [0.717, 1.165) is 16.9 Å². The summed E-state index contributed by atoms with van der Waals surface area (Å²) in [6.45, 7) is 0.947. The fourth-order valence-corrected chi connectivity index (χ4v) is 2.46. The molecule has 0 unspecified atom stereocenters. The molecule has 2 amide bonds. The van der Waals surface area contributed by atoms with Gasteiger partial charge in [-0.15, -0.1) is 0 Å². The molecule has 0 aliphatic heterocycles. The number of carbonyl (C=O) groups excluding carboxylic acids is 1. The van der Waals surface area contributed by atoms with Gasteiger partial charge < -0.3 is 15.2 Å². The highest BCUT2D eigenvalue weighted by atomic mass is 19.1. The van der Waals surface area contributed by atoms with E-state index in [1.165, 1.54) is 12.1 Å². The average molecular weight is 323 g/mol. The molecule has 0 fully saturated rings. The molecule has 1 aromatic heterocycles. The maximum absolute atomic E-state index is 13.3. The first-order valence-corrected chi connectivity index (χ1v) is 7.69. The van der Waals surface area contributed by atoms with E-state index >= 15 is 0 Å². The van der Waals surface area contributed by atoms with Crippen LogP contribution in [0.1, 0.15) is 11.3 Å². The first-order valence-electron chi connectivity index (χ1n) is 7.69. The molecule has 0 bridgehead atoms. The van der Waals surface area contributed by atoms with Gasteiger partial charge in [-0.2, -0.15) is 0 Å². The minimum absolute atomic E-state index is 0.249. The number of aromatic nitrogens is 1. The van der Waals surface area contributed by atoms with Crippen molar-refractivity contribution in [3.63, 3.8) is 0 Å². The summed E-state index contributed by atoms with van der Waals surface area (Å²) in [7, 11) is 0. The molecule has 0 saturated heterocycles. The average Bonchev–Trinajstić information content (AvgIpc) is 3.01. The smallest absolute Gasteiger partial charge is 0.319 e. The van der Waals surface area contributed by atoms with Crippen LogP contribution < -0.4 is 10.6 Å². The van der Waals surface area contributed by atoms with Crippen molar-refractivity contribution in [3.8, 4) is 0 Å². The largest absolute Gasteiger partial charge is 0.345 e. The van der Waals surface area contributed by atoms with Crippen LogP contribution >= 0.6 is 0 Å². The maximum atomic E-state index is 13.3. The predicted molar refractivity (Wildman–Crippen MR) is 92.2 cm³/mol. The van der Waals surface area contributed by atoms with Gasteiger partial charge in [0.25, 0.3) is 0 Å². The number of urea groups is 1. The number of amides is 2. The number of halogens is 1. The Balaban J connectivity index is 1.58. The number of para-hydroxylation sites is 1. The summed E-state index contributed by atoms with van der Waals surface area (Å²) in [6.07, 6.45) is 1.91. The van der Waals surface area contributed by atoms with Crippen LogP contribution in [0.3, 0.4) is 0 Å². The second kappa shape index (κ2) is 7.46. The minimum Gasteiger partial charge on any atom is -0.345 e. The Morgan fingerprint density at radius 3 is 2.62 bits per heavy atom. The Labute approximate surface area is 139 Å². The van der Waals surface area contributed by atoms with Crippen molar-refractivity contribution in [1.29, 1.82) is 0 Å². The monoisotopic (exact) mass is 323 g/mol. The van der Waals surface area contributed by atoms with Crippen molar-refractivity contribution < 1.29 is 9.18 Å². The zero-order valence-electron chi connectivity index (χ0n) is 13.1. The normalized spacial score (nSPS) is 10.4. The number of hydrogen-bond donors (Lipinski definition) is 2. The van der Waals surface area contributed by atoms with Gasteiger partial charge in [0, 0.05) is 24.1 Å². The van der Waals surface area contributed by atoms with E-state index in [2.05, 4.69) is 10.6 Å². The second-order valence-corrected chi connectivity index (χ2v) is 5.43. The number of nitrogens with one attached hydrogen (secondary N) is 2. The molecule has 3 rings (SSSR count). The Morgan fingerprint density at radius 2 is 1.83 bits per heavy atom. The van der Waals surface area contributed by atoms with Gasteiger partial charge in [0.2, 0.25) is 0 Å². The third-order valence-electron chi connectivity index (χ3n) is 3.63. The number of nitrogens with zero attached hydrogens (tertiary/aromatic N) is 1. The summed E-state index contributed by atoms with van der Waals surface area (Å²) < 4.78 is 15.3. The summed E-state index contributed by atoms with van der Waals surface area (Å²) in [5, 5.41) is 5.60. The lowest BCUT2D eigenvalue weighted by Gasteiger charge is -2.11. The van der Waals surface area contributed by atoms with Crippen molar-refractivity contribution in [2.24, 2.45) is 0 Å². The third-order valence-corrected chi connectivity index (χ3v) is 3.63. The molecule has 122 valence electrons. The highest BCUT2D eigenvalue weighted by Gasteiger charge is 2.05. The van der Waals surface area contributed by atoms with Crippen molar-refractivity contribution in [2.75, 3.05) is 5.32 Å². The van der Waals surface area contributed by atoms with Crippen molar-refractivity contribution in [1.82, 2.24) is 9.88 Å². The molecule has 0 aliphatic carbocycles. The molecule has 0 atom stereocenters. The summed E-state index contributed by atoms with van der Waals surface area (Å²) in [4.78, 5) is 11.9.